The number of morpholine rings is 1. The number of hydrogen-bond acceptors (Lipinski definition) is 7. The molecule has 40 heavy (non-hydrogen) atoms. The first-order valence-corrected chi connectivity index (χ1v) is 14.7. The first-order valence-electron chi connectivity index (χ1n) is 14.7. The van der Waals surface area contributed by atoms with Crippen LogP contribution in [0.2, 0.25) is 0 Å². The summed E-state index contributed by atoms with van der Waals surface area (Å²) in [6.07, 6.45) is 3.94. The Balaban J connectivity index is 0.00000178. The molecule has 2 aliphatic heterocycles. The van der Waals surface area contributed by atoms with Crippen LogP contribution in [0.4, 0.5) is 4.79 Å². The van der Waals surface area contributed by atoms with Gasteiger partial charge in [0.25, 0.3) is 0 Å². The molecule has 1 atom stereocenters. The lowest BCUT2D eigenvalue weighted by Gasteiger charge is -2.38. The van der Waals surface area contributed by atoms with Gasteiger partial charge in [0.05, 0.1) is 25.9 Å². The summed E-state index contributed by atoms with van der Waals surface area (Å²) in [5, 5.41) is 15.8. The van der Waals surface area contributed by atoms with E-state index >= 15 is 0 Å². The predicted octanol–water partition coefficient (Wildman–Crippen LogP) is 3.72. The Kier molecular flexibility index (Phi) is 15.1. The maximum atomic E-state index is 13.4. The van der Waals surface area contributed by atoms with Crippen molar-refractivity contribution in [2.24, 2.45) is 4.99 Å². The maximum absolute atomic E-state index is 13.4. The minimum Gasteiger partial charge on any atom is -0.450 e. The predicted molar refractivity (Wildman–Crippen MR) is 157 cm³/mol. The third-order valence-electron chi connectivity index (χ3n) is 6.79. The quantitative estimate of drug-likeness (QED) is 0.351. The van der Waals surface area contributed by atoms with Crippen LogP contribution in [0.25, 0.3) is 0 Å². The lowest BCUT2D eigenvalue weighted by atomic mass is 9.88. The van der Waals surface area contributed by atoms with E-state index in [0.29, 0.717) is 51.5 Å². The number of benzene rings is 1. The van der Waals surface area contributed by atoms with Gasteiger partial charge >= 0.3 is 6.09 Å². The molecular formula is C30H48N6O4. The fourth-order valence-electron chi connectivity index (χ4n) is 4.58. The Morgan fingerprint density at radius 3 is 2.33 bits per heavy atom. The van der Waals surface area contributed by atoms with Gasteiger partial charge in [-0.2, -0.15) is 5.26 Å². The standard InChI is InChI=1S/C27H40N6O4.C3H8/c1-3-8-23(29-25(30-26(35)37-4-2)33-17-19-36-20-18-33)24(34)31-27(21-28)12-15-32(16-13-27)14-11-22-9-6-5-7-10-22;1-3-2/h5-7,9-10,23H,3-4,8,11-20H2,1-2H3,(H,31,34)(H,29,30,35);3H2,1-2H3. The summed E-state index contributed by atoms with van der Waals surface area (Å²) in [5.41, 5.74) is 0.371. The number of ether oxygens (including phenoxy) is 2. The number of alkyl carbamates (subject to hydrolysis) is 1. The van der Waals surface area contributed by atoms with Crippen LogP contribution in [0, 0.1) is 11.3 Å². The number of nitrogens with one attached hydrogen (secondary N) is 2. The van der Waals surface area contributed by atoms with Gasteiger partial charge in [-0.15, -0.1) is 0 Å². The zero-order chi connectivity index (χ0) is 29.2. The van der Waals surface area contributed by atoms with Gasteiger partial charge in [0.2, 0.25) is 11.9 Å². The molecule has 10 heteroatoms. The van der Waals surface area contributed by atoms with Gasteiger partial charge in [-0.25, -0.2) is 9.79 Å². The number of rotatable bonds is 9. The second-order valence-electron chi connectivity index (χ2n) is 10.2. The van der Waals surface area contributed by atoms with Crippen molar-refractivity contribution in [3.05, 3.63) is 35.9 Å². The number of nitriles is 1. The average Bonchev–Trinajstić information content (AvgIpc) is 2.97. The molecule has 1 aromatic rings. The largest absolute Gasteiger partial charge is 0.450 e. The van der Waals surface area contributed by atoms with E-state index in [2.05, 4.69) is 52.6 Å². The molecule has 3 rings (SSSR count). The first-order chi connectivity index (χ1) is 19.4. The molecule has 222 valence electrons. The molecule has 0 spiro atoms. The Labute approximate surface area is 240 Å². The van der Waals surface area contributed by atoms with Gasteiger partial charge in [-0.3, -0.25) is 10.1 Å². The lowest BCUT2D eigenvalue weighted by Crippen LogP contribution is -2.57. The number of carbonyl (C=O) groups excluding carboxylic acids is 2. The van der Waals surface area contributed by atoms with E-state index in [4.69, 9.17) is 9.47 Å². The molecule has 1 aromatic carbocycles. The zero-order valence-corrected chi connectivity index (χ0v) is 24.8. The highest BCUT2D eigenvalue weighted by molar-refractivity contribution is 5.96. The zero-order valence-electron chi connectivity index (χ0n) is 24.8. The first kappa shape index (κ1) is 33.0. The number of nitrogens with zero attached hydrogens (tertiary/aromatic N) is 4. The topological polar surface area (TPSA) is 119 Å². The number of amides is 2. The Hall–Kier alpha value is -3.16. The molecule has 2 N–H and O–H groups in total. The SMILES string of the molecule is CCC.CCCC(N=C(NC(=O)OCC)N1CCOCC1)C(=O)NC1(C#N)CCN(CCc2ccccc2)CC1. The number of hydrogen-bond donors (Lipinski definition) is 2. The Bertz CT molecular complexity index is 951. The molecule has 0 aliphatic carbocycles. The molecule has 2 heterocycles. The smallest absolute Gasteiger partial charge is 0.413 e. The van der Waals surface area contributed by atoms with Gasteiger partial charge < -0.3 is 24.6 Å². The molecule has 0 radical (unpaired) electrons. The molecule has 2 aliphatic rings. The van der Waals surface area contributed by atoms with Crippen LogP contribution in [0.1, 0.15) is 65.4 Å². The highest BCUT2D eigenvalue weighted by Crippen LogP contribution is 2.23. The minimum absolute atomic E-state index is 0.230. The second kappa shape index (κ2) is 18.2. The van der Waals surface area contributed by atoms with E-state index in [9.17, 15) is 14.9 Å². The van der Waals surface area contributed by atoms with E-state index in [1.807, 2.05) is 30.0 Å². The summed E-state index contributed by atoms with van der Waals surface area (Å²) in [6, 6.07) is 12.0. The number of guanidine groups is 1. The second-order valence-corrected chi connectivity index (χ2v) is 10.2. The van der Waals surface area contributed by atoms with Crippen LogP contribution in [0.3, 0.4) is 0 Å². The summed E-state index contributed by atoms with van der Waals surface area (Å²) in [5.74, 6) is 0.00893. The van der Waals surface area contributed by atoms with Crippen molar-refractivity contribution in [2.75, 3.05) is 52.5 Å². The fourth-order valence-corrected chi connectivity index (χ4v) is 4.58. The van der Waals surface area contributed by atoms with Crippen molar-refractivity contribution < 1.29 is 19.1 Å². The summed E-state index contributed by atoms with van der Waals surface area (Å²) < 4.78 is 10.5. The van der Waals surface area contributed by atoms with Crippen molar-refractivity contribution >= 4 is 18.0 Å². The van der Waals surface area contributed by atoms with Gasteiger partial charge in [0, 0.05) is 32.7 Å². The lowest BCUT2D eigenvalue weighted by molar-refractivity contribution is -0.124. The van der Waals surface area contributed by atoms with E-state index in [1.165, 1.54) is 12.0 Å². The monoisotopic (exact) mass is 556 g/mol. The number of likely N-dealkylation sites (tertiary alicyclic amines) is 1. The van der Waals surface area contributed by atoms with E-state index in [-0.39, 0.29) is 12.5 Å². The molecule has 1 unspecified atom stereocenters. The van der Waals surface area contributed by atoms with Crippen LogP contribution < -0.4 is 10.6 Å². The normalized spacial score (nSPS) is 18.0. The van der Waals surface area contributed by atoms with E-state index in [1.54, 1.807) is 6.92 Å². The summed E-state index contributed by atoms with van der Waals surface area (Å²) >= 11 is 0. The van der Waals surface area contributed by atoms with Crippen LogP contribution in [-0.4, -0.2) is 91.9 Å². The van der Waals surface area contributed by atoms with Crippen LogP contribution in [0.15, 0.2) is 35.3 Å². The maximum Gasteiger partial charge on any atom is 0.413 e. The van der Waals surface area contributed by atoms with Crippen molar-refractivity contribution in [2.45, 2.75) is 77.8 Å². The fraction of sp³-hybridized carbons (Fsp3) is 0.667. The van der Waals surface area contributed by atoms with Crippen molar-refractivity contribution in [1.82, 2.24) is 20.4 Å². The molecule has 0 aromatic heterocycles. The number of piperidine rings is 1. The molecular weight excluding hydrogens is 508 g/mol. The summed E-state index contributed by atoms with van der Waals surface area (Å²) in [4.78, 5) is 34.5. The van der Waals surface area contributed by atoms with Gasteiger partial charge in [0.15, 0.2) is 0 Å². The summed E-state index contributed by atoms with van der Waals surface area (Å²) in [6.45, 7) is 12.7. The van der Waals surface area contributed by atoms with Gasteiger partial charge in [-0.05, 0) is 38.2 Å². The van der Waals surface area contributed by atoms with Crippen LogP contribution in [0.5, 0.6) is 0 Å². The Morgan fingerprint density at radius 1 is 1.10 bits per heavy atom. The van der Waals surface area contributed by atoms with Crippen molar-refractivity contribution in [3.63, 3.8) is 0 Å². The third-order valence-corrected chi connectivity index (χ3v) is 6.79. The highest BCUT2D eigenvalue weighted by atomic mass is 16.5. The third kappa shape index (κ3) is 11.1. The highest BCUT2D eigenvalue weighted by Gasteiger charge is 2.37. The van der Waals surface area contributed by atoms with Crippen molar-refractivity contribution in [3.8, 4) is 6.07 Å². The van der Waals surface area contributed by atoms with Crippen LogP contribution >= 0.6 is 0 Å². The van der Waals surface area contributed by atoms with E-state index < -0.39 is 17.7 Å². The Morgan fingerprint density at radius 2 is 1.75 bits per heavy atom. The molecule has 0 saturated carbocycles. The van der Waals surface area contributed by atoms with Gasteiger partial charge in [-0.1, -0.05) is 63.9 Å². The number of aliphatic imine (C=N–C) groups is 1. The molecule has 2 amide bonds. The number of carbonyl (C=O) groups is 2. The van der Waals surface area contributed by atoms with Gasteiger partial charge in [0.1, 0.15) is 11.6 Å². The average molecular weight is 557 g/mol. The van der Waals surface area contributed by atoms with E-state index in [0.717, 1.165) is 32.5 Å². The van der Waals surface area contributed by atoms with Crippen LogP contribution in [-0.2, 0) is 20.7 Å². The molecule has 2 saturated heterocycles. The minimum atomic E-state index is -0.921. The molecule has 2 fully saturated rings. The van der Waals surface area contributed by atoms with Crippen molar-refractivity contribution in [1.29, 1.82) is 5.26 Å². The molecule has 10 nitrogen and oxygen atoms in total. The summed E-state index contributed by atoms with van der Waals surface area (Å²) in [7, 11) is 0. The molecule has 0 bridgehead atoms.